The predicted molar refractivity (Wildman–Crippen MR) is 56.4 cm³/mol. The molecular formula is C11H22O4. The van der Waals surface area contributed by atoms with Crippen LogP contribution in [-0.4, -0.2) is 41.4 Å². The van der Waals surface area contributed by atoms with Gasteiger partial charge in [0.05, 0.1) is 12.2 Å². The summed E-state index contributed by atoms with van der Waals surface area (Å²) in [6.45, 7) is 6.02. The fourth-order valence-corrected chi connectivity index (χ4v) is 2.11. The van der Waals surface area contributed by atoms with Crippen molar-refractivity contribution in [3.05, 3.63) is 0 Å². The van der Waals surface area contributed by atoms with Crippen LogP contribution in [0.1, 0.15) is 33.6 Å². The van der Waals surface area contributed by atoms with Crippen LogP contribution in [-0.2, 0) is 9.47 Å². The minimum absolute atomic E-state index is 0.00954. The first-order valence-corrected chi connectivity index (χ1v) is 5.57. The number of hydrogen-bond donors (Lipinski definition) is 2. The van der Waals surface area contributed by atoms with E-state index in [-0.39, 0.29) is 31.3 Å². The molecule has 2 N–H and O–H groups in total. The summed E-state index contributed by atoms with van der Waals surface area (Å²) in [6.07, 6.45) is 1.26. The van der Waals surface area contributed by atoms with Crippen molar-refractivity contribution in [2.75, 3.05) is 13.2 Å². The molecule has 1 rings (SSSR count). The number of hydrogen-bond acceptors (Lipinski definition) is 4. The first-order valence-electron chi connectivity index (χ1n) is 5.57. The third kappa shape index (κ3) is 3.41. The smallest absolute Gasteiger partial charge is 0.163 e. The maximum atomic E-state index is 8.95. The zero-order valence-corrected chi connectivity index (χ0v) is 9.77. The Morgan fingerprint density at radius 3 is 1.73 bits per heavy atom. The molecular weight excluding hydrogens is 196 g/mol. The molecule has 15 heavy (non-hydrogen) atoms. The molecule has 0 aromatic carbocycles. The van der Waals surface area contributed by atoms with Crippen molar-refractivity contribution in [2.24, 2.45) is 5.92 Å². The normalized spacial score (nSPS) is 35.4. The Labute approximate surface area is 91.2 Å². The Morgan fingerprint density at radius 1 is 1.00 bits per heavy atom. The van der Waals surface area contributed by atoms with E-state index in [1.165, 1.54) is 0 Å². The standard InChI is InChI=1S/C11H22O4/c1-8-9(4-6-12)14-11(2,3)15-10(8)5-7-13/h8-10,12-13H,4-7H2,1-3H3/t8?,9-,10+. The lowest BCUT2D eigenvalue weighted by molar-refractivity contribution is -0.321. The average Bonchev–Trinajstić information content (AvgIpc) is 2.13. The maximum absolute atomic E-state index is 8.95. The largest absolute Gasteiger partial charge is 0.396 e. The van der Waals surface area contributed by atoms with Gasteiger partial charge in [-0.15, -0.1) is 0 Å². The van der Waals surface area contributed by atoms with Crippen molar-refractivity contribution in [2.45, 2.75) is 51.6 Å². The van der Waals surface area contributed by atoms with Crippen molar-refractivity contribution in [3.8, 4) is 0 Å². The SMILES string of the molecule is CC1[C@H](CCO)OC(C)(C)O[C@@H]1CCO. The first-order chi connectivity index (χ1) is 7.00. The van der Waals surface area contributed by atoms with Gasteiger partial charge in [0.15, 0.2) is 5.79 Å². The molecule has 0 radical (unpaired) electrons. The highest BCUT2D eigenvalue weighted by Crippen LogP contribution is 2.33. The first kappa shape index (κ1) is 12.9. The van der Waals surface area contributed by atoms with Gasteiger partial charge in [0.25, 0.3) is 0 Å². The molecule has 0 aliphatic carbocycles. The number of aliphatic hydroxyl groups is 2. The Hall–Kier alpha value is -0.160. The molecule has 0 aromatic rings. The molecule has 0 aromatic heterocycles. The van der Waals surface area contributed by atoms with Crippen LogP contribution in [0.4, 0.5) is 0 Å². The molecule has 4 nitrogen and oxygen atoms in total. The van der Waals surface area contributed by atoms with E-state index in [9.17, 15) is 0 Å². The van der Waals surface area contributed by atoms with Crippen LogP contribution in [0.2, 0.25) is 0 Å². The quantitative estimate of drug-likeness (QED) is 0.736. The number of ether oxygens (including phenoxy) is 2. The monoisotopic (exact) mass is 218 g/mol. The Kier molecular flexibility index (Phi) is 4.52. The van der Waals surface area contributed by atoms with Crippen LogP contribution in [0.3, 0.4) is 0 Å². The van der Waals surface area contributed by atoms with Crippen LogP contribution in [0, 0.1) is 5.92 Å². The van der Waals surface area contributed by atoms with Crippen LogP contribution in [0.15, 0.2) is 0 Å². The highest BCUT2D eigenvalue weighted by atomic mass is 16.7. The van der Waals surface area contributed by atoms with E-state index >= 15 is 0 Å². The molecule has 90 valence electrons. The van der Waals surface area contributed by atoms with Gasteiger partial charge in [-0.1, -0.05) is 6.92 Å². The summed E-state index contributed by atoms with van der Waals surface area (Å²) in [5, 5.41) is 17.9. The van der Waals surface area contributed by atoms with Gasteiger partial charge in [0.2, 0.25) is 0 Å². The van der Waals surface area contributed by atoms with E-state index in [1.54, 1.807) is 0 Å². The molecule has 0 saturated carbocycles. The van der Waals surface area contributed by atoms with Gasteiger partial charge in [-0.2, -0.15) is 0 Å². The van der Waals surface area contributed by atoms with E-state index < -0.39 is 5.79 Å². The number of aliphatic hydroxyl groups excluding tert-OH is 2. The zero-order chi connectivity index (χ0) is 11.5. The van der Waals surface area contributed by atoms with Crippen molar-refractivity contribution < 1.29 is 19.7 Å². The Morgan fingerprint density at radius 2 is 1.40 bits per heavy atom. The summed E-state index contributed by atoms with van der Waals surface area (Å²) in [6, 6.07) is 0. The zero-order valence-electron chi connectivity index (χ0n) is 9.77. The number of rotatable bonds is 4. The van der Waals surface area contributed by atoms with Crippen molar-refractivity contribution in [3.63, 3.8) is 0 Å². The molecule has 3 atom stereocenters. The lowest BCUT2D eigenvalue weighted by atomic mass is 9.91. The minimum Gasteiger partial charge on any atom is -0.396 e. The topological polar surface area (TPSA) is 58.9 Å². The van der Waals surface area contributed by atoms with E-state index in [4.69, 9.17) is 19.7 Å². The van der Waals surface area contributed by atoms with Crippen LogP contribution < -0.4 is 0 Å². The summed E-state index contributed by atoms with van der Waals surface area (Å²) >= 11 is 0. The van der Waals surface area contributed by atoms with Gasteiger partial charge in [-0.05, 0) is 26.7 Å². The predicted octanol–water partition coefficient (Wildman–Crippen LogP) is 0.907. The van der Waals surface area contributed by atoms with Crippen LogP contribution in [0.5, 0.6) is 0 Å². The summed E-state index contributed by atoms with van der Waals surface area (Å²) in [5.41, 5.74) is 0. The van der Waals surface area contributed by atoms with Gasteiger partial charge in [-0.25, -0.2) is 0 Å². The molecule has 4 heteroatoms. The summed E-state index contributed by atoms with van der Waals surface area (Å²) < 4.78 is 11.5. The van der Waals surface area contributed by atoms with E-state index in [1.807, 2.05) is 20.8 Å². The highest BCUT2D eigenvalue weighted by Gasteiger charge is 2.39. The van der Waals surface area contributed by atoms with Gasteiger partial charge in [0, 0.05) is 19.1 Å². The molecule has 0 bridgehead atoms. The highest BCUT2D eigenvalue weighted by molar-refractivity contribution is 4.82. The van der Waals surface area contributed by atoms with Gasteiger partial charge in [0.1, 0.15) is 0 Å². The van der Waals surface area contributed by atoms with Gasteiger partial charge in [-0.3, -0.25) is 0 Å². The summed E-state index contributed by atoms with van der Waals surface area (Å²) in [7, 11) is 0. The second kappa shape index (κ2) is 5.25. The lowest BCUT2D eigenvalue weighted by Crippen LogP contribution is -2.50. The molecule has 1 unspecified atom stereocenters. The van der Waals surface area contributed by atoms with Crippen LogP contribution >= 0.6 is 0 Å². The van der Waals surface area contributed by atoms with E-state index in [0.29, 0.717) is 12.8 Å². The van der Waals surface area contributed by atoms with E-state index in [0.717, 1.165) is 0 Å². The summed E-state index contributed by atoms with van der Waals surface area (Å²) in [4.78, 5) is 0. The Bertz CT molecular complexity index is 175. The molecule has 1 heterocycles. The molecule has 1 saturated heterocycles. The minimum atomic E-state index is -0.619. The van der Waals surface area contributed by atoms with Crippen LogP contribution in [0.25, 0.3) is 0 Å². The third-order valence-electron chi connectivity index (χ3n) is 2.87. The van der Waals surface area contributed by atoms with Crippen molar-refractivity contribution in [1.29, 1.82) is 0 Å². The second-order valence-electron chi connectivity index (χ2n) is 4.60. The second-order valence-corrected chi connectivity index (χ2v) is 4.60. The average molecular weight is 218 g/mol. The fourth-order valence-electron chi connectivity index (χ4n) is 2.11. The van der Waals surface area contributed by atoms with Gasteiger partial charge >= 0.3 is 0 Å². The molecule has 0 spiro atoms. The van der Waals surface area contributed by atoms with Crippen molar-refractivity contribution >= 4 is 0 Å². The molecule has 0 amide bonds. The molecule has 1 aliphatic heterocycles. The lowest BCUT2D eigenvalue weighted by Gasteiger charge is -2.45. The van der Waals surface area contributed by atoms with Crippen molar-refractivity contribution in [1.82, 2.24) is 0 Å². The third-order valence-corrected chi connectivity index (χ3v) is 2.87. The Balaban J connectivity index is 2.65. The van der Waals surface area contributed by atoms with Gasteiger partial charge < -0.3 is 19.7 Å². The summed E-state index contributed by atoms with van der Waals surface area (Å²) in [5.74, 6) is -0.413. The molecule has 1 aliphatic rings. The molecule has 1 fully saturated rings. The fraction of sp³-hybridized carbons (Fsp3) is 1.00. The maximum Gasteiger partial charge on any atom is 0.163 e. The van der Waals surface area contributed by atoms with E-state index in [2.05, 4.69) is 0 Å².